The maximum Gasteiger partial charge on any atom is 0.425 e. The number of anilines is 1. The first-order valence-electron chi connectivity index (χ1n) is 9.50. The minimum atomic E-state index is -4.41. The number of alkyl halides is 3. The third-order valence-corrected chi connectivity index (χ3v) is 6.28. The van der Waals surface area contributed by atoms with Gasteiger partial charge in [0.05, 0.1) is 6.54 Å². The van der Waals surface area contributed by atoms with E-state index in [4.69, 9.17) is 0 Å². The number of halogens is 4. The molecule has 0 saturated carbocycles. The van der Waals surface area contributed by atoms with E-state index in [2.05, 4.69) is 9.97 Å². The van der Waals surface area contributed by atoms with E-state index in [1.54, 1.807) is 12.1 Å². The molecule has 162 valence electrons. The molecule has 4 rings (SSSR count). The fraction of sp³-hybridized carbons (Fsp3) is 0.286. The van der Waals surface area contributed by atoms with Crippen LogP contribution in [0.25, 0.3) is 5.57 Å². The second-order valence-electron chi connectivity index (χ2n) is 7.22. The zero-order valence-electron chi connectivity index (χ0n) is 16.5. The SMILES string of the molecule is Cc1cc(Cn2cnc(N3CC=C(c4ccc(F)cc4)CC3)nc2=O)sc1C(F)(F)F. The predicted octanol–water partition coefficient (Wildman–Crippen LogP) is 4.51. The minimum Gasteiger partial charge on any atom is -0.337 e. The Balaban J connectivity index is 1.47. The summed E-state index contributed by atoms with van der Waals surface area (Å²) in [6.45, 7) is 2.46. The number of aromatic nitrogens is 3. The molecule has 2 aromatic heterocycles. The largest absolute Gasteiger partial charge is 0.425 e. The molecular weight excluding hydrogens is 432 g/mol. The molecule has 0 aliphatic carbocycles. The van der Waals surface area contributed by atoms with Crippen LogP contribution in [0.5, 0.6) is 0 Å². The molecule has 0 amide bonds. The van der Waals surface area contributed by atoms with Crippen LogP contribution in [-0.4, -0.2) is 27.6 Å². The number of hydrogen-bond donors (Lipinski definition) is 0. The van der Waals surface area contributed by atoms with Crippen molar-refractivity contribution in [1.82, 2.24) is 14.5 Å². The number of nitrogens with zero attached hydrogens (tertiary/aromatic N) is 4. The first kappa shape index (κ1) is 21.2. The van der Waals surface area contributed by atoms with Crippen LogP contribution in [-0.2, 0) is 12.7 Å². The Morgan fingerprint density at radius 2 is 1.94 bits per heavy atom. The van der Waals surface area contributed by atoms with Crippen molar-refractivity contribution in [3.8, 4) is 0 Å². The van der Waals surface area contributed by atoms with Gasteiger partial charge in [-0.25, -0.2) is 14.2 Å². The number of rotatable bonds is 4. The number of hydrogen-bond acceptors (Lipinski definition) is 5. The average Bonchev–Trinajstić information content (AvgIpc) is 3.11. The number of thiophene rings is 1. The molecule has 1 aliphatic heterocycles. The van der Waals surface area contributed by atoms with E-state index in [-0.39, 0.29) is 23.9 Å². The molecule has 0 unspecified atom stereocenters. The summed E-state index contributed by atoms with van der Waals surface area (Å²) >= 11 is 0.619. The van der Waals surface area contributed by atoms with Gasteiger partial charge in [-0.1, -0.05) is 18.2 Å². The van der Waals surface area contributed by atoms with Crippen LogP contribution in [0.1, 0.15) is 27.3 Å². The molecular formula is C21H18F4N4OS. The molecule has 1 aromatic carbocycles. The monoisotopic (exact) mass is 450 g/mol. The molecule has 0 bridgehead atoms. The van der Waals surface area contributed by atoms with E-state index >= 15 is 0 Å². The van der Waals surface area contributed by atoms with Gasteiger partial charge in [0.1, 0.15) is 17.0 Å². The Bertz CT molecular complexity index is 1180. The second kappa shape index (κ2) is 8.26. The van der Waals surface area contributed by atoms with Crippen LogP contribution in [0.2, 0.25) is 0 Å². The van der Waals surface area contributed by atoms with Crippen LogP contribution in [0.3, 0.4) is 0 Å². The zero-order valence-corrected chi connectivity index (χ0v) is 17.3. The maximum atomic E-state index is 13.1. The van der Waals surface area contributed by atoms with Crippen molar-refractivity contribution in [2.75, 3.05) is 18.0 Å². The van der Waals surface area contributed by atoms with E-state index in [1.165, 1.54) is 36.0 Å². The van der Waals surface area contributed by atoms with Gasteiger partial charge in [-0.2, -0.15) is 18.2 Å². The van der Waals surface area contributed by atoms with E-state index < -0.39 is 16.7 Å². The lowest BCUT2D eigenvalue weighted by molar-refractivity contribution is -0.134. The van der Waals surface area contributed by atoms with Crippen LogP contribution < -0.4 is 10.6 Å². The van der Waals surface area contributed by atoms with Crippen molar-refractivity contribution < 1.29 is 17.6 Å². The Morgan fingerprint density at radius 3 is 2.52 bits per heavy atom. The van der Waals surface area contributed by atoms with E-state index in [0.29, 0.717) is 35.7 Å². The van der Waals surface area contributed by atoms with E-state index in [1.807, 2.05) is 11.0 Å². The van der Waals surface area contributed by atoms with Gasteiger partial charge < -0.3 is 4.90 Å². The van der Waals surface area contributed by atoms with Gasteiger partial charge in [-0.15, -0.1) is 11.3 Å². The van der Waals surface area contributed by atoms with Crippen molar-refractivity contribution in [2.45, 2.75) is 26.1 Å². The average molecular weight is 450 g/mol. The summed E-state index contributed by atoms with van der Waals surface area (Å²) in [7, 11) is 0. The van der Waals surface area contributed by atoms with Gasteiger partial charge in [-0.05, 0) is 48.2 Å². The standard InChI is InChI=1S/C21H18F4N4OS/c1-13-10-17(31-18(13)21(23,24)25)11-29-12-26-19(27-20(29)30)28-8-6-15(7-9-28)14-2-4-16(22)5-3-14/h2-6,10,12H,7-9,11H2,1H3. The quantitative estimate of drug-likeness (QED) is 0.549. The summed E-state index contributed by atoms with van der Waals surface area (Å²) in [6.07, 6.45) is -0.426. The maximum absolute atomic E-state index is 13.1. The molecule has 10 heteroatoms. The normalized spacial score (nSPS) is 14.6. The summed E-state index contributed by atoms with van der Waals surface area (Å²) in [5.41, 5.74) is 1.59. The topological polar surface area (TPSA) is 51.0 Å². The molecule has 3 heterocycles. The first-order valence-corrected chi connectivity index (χ1v) is 10.3. The molecule has 0 N–H and O–H groups in total. The zero-order chi connectivity index (χ0) is 22.2. The molecule has 5 nitrogen and oxygen atoms in total. The fourth-order valence-corrected chi connectivity index (χ4v) is 4.50. The fourth-order valence-electron chi connectivity index (χ4n) is 3.46. The molecule has 0 radical (unpaired) electrons. The molecule has 0 fully saturated rings. The van der Waals surface area contributed by atoms with Crippen molar-refractivity contribution in [3.05, 3.63) is 79.9 Å². The van der Waals surface area contributed by atoms with Gasteiger partial charge in [0.15, 0.2) is 0 Å². The molecule has 0 saturated heterocycles. The lowest BCUT2D eigenvalue weighted by Crippen LogP contribution is -2.33. The summed E-state index contributed by atoms with van der Waals surface area (Å²) < 4.78 is 53.2. The Kier molecular flexibility index (Phi) is 5.65. The Labute approximate surface area is 179 Å². The van der Waals surface area contributed by atoms with E-state index in [9.17, 15) is 22.4 Å². The summed E-state index contributed by atoms with van der Waals surface area (Å²) in [5.74, 6) is -0.0166. The van der Waals surface area contributed by atoms with Gasteiger partial charge in [0, 0.05) is 18.0 Å². The first-order chi connectivity index (χ1) is 14.7. The van der Waals surface area contributed by atoms with Crippen molar-refractivity contribution in [3.63, 3.8) is 0 Å². The van der Waals surface area contributed by atoms with E-state index in [0.717, 1.165) is 11.1 Å². The van der Waals surface area contributed by atoms with Crippen LogP contribution in [0, 0.1) is 12.7 Å². The highest BCUT2D eigenvalue weighted by molar-refractivity contribution is 7.12. The summed E-state index contributed by atoms with van der Waals surface area (Å²) in [5, 5.41) is 0. The predicted molar refractivity (Wildman–Crippen MR) is 111 cm³/mol. The molecule has 0 atom stereocenters. The lowest BCUT2D eigenvalue weighted by atomic mass is 10.00. The number of benzene rings is 1. The van der Waals surface area contributed by atoms with Gasteiger partial charge in [-0.3, -0.25) is 4.57 Å². The lowest BCUT2D eigenvalue weighted by Gasteiger charge is -2.26. The van der Waals surface area contributed by atoms with Gasteiger partial charge in [0.2, 0.25) is 5.95 Å². The highest BCUT2D eigenvalue weighted by atomic mass is 32.1. The Hall–Kier alpha value is -3.01. The van der Waals surface area contributed by atoms with Crippen molar-refractivity contribution >= 4 is 22.9 Å². The third-order valence-electron chi connectivity index (χ3n) is 5.01. The molecule has 0 spiro atoms. The van der Waals surface area contributed by atoms with Crippen LogP contribution >= 0.6 is 11.3 Å². The highest BCUT2D eigenvalue weighted by Gasteiger charge is 2.34. The van der Waals surface area contributed by atoms with Crippen LogP contribution in [0.4, 0.5) is 23.5 Å². The van der Waals surface area contributed by atoms with Crippen molar-refractivity contribution in [2.24, 2.45) is 0 Å². The van der Waals surface area contributed by atoms with Crippen LogP contribution in [0.15, 0.2) is 47.5 Å². The van der Waals surface area contributed by atoms with Gasteiger partial charge >= 0.3 is 11.9 Å². The summed E-state index contributed by atoms with van der Waals surface area (Å²) in [4.78, 5) is 22.2. The Morgan fingerprint density at radius 1 is 1.19 bits per heavy atom. The van der Waals surface area contributed by atoms with Gasteiger partial charge in [0.25, 0.3) is 0 Å². The number of aryl methyl sites for hydroxylation is 1. The second-order valence-corrected chi connectivity index (χ2v) is 8.36. The highest BCUT2D eigenvalue weighted by Crippen LogP contribution is 2.37. The minimum absolute atomic E-state index is 0.0185. The molecule has 3 aromatic rings. The van der Waals surface area contributed by atoms with Crippen molar-refractivity contribution in [1.29, 1.82) is 0 Å². The summed E-state index contributed by atoms with van der Waals surface area (Å²) in [6, 6.07) is 7.71. The molecule has 31 heavy (non-hydrogen) atoms. The smallest absolute Gasteiger partial charge is 0.337 e. The third kappa shape index (κ3) is 4.68. The molecule has 1 aliphatic rings.